The third-order valence-corrected chi connectivity index (χ3v) is 5.03. The molecule has 0 aliphatic heterocycles. The van der Waals surface area contributed by atoms with Crippen LogP contribution in [0, 0.1) is 0 Å². The summed E-state index contributed by atoms with van der Waals surface area (Å²) in [6, 6.07) is 7.65. The van der Waals surface area contributed by atoms with Gasteiger partial charge in [0.1, 0.15) is 12.2 Å². The maximum Gasteiger partial charge on any atom is 0.326 e. The third kappa shape index (κ3) is 3.60. The lowest BCUT2D eigenvalue weighted by Crippen LogP contribution is -2.23. The van der Waals surface area contributed by atoms with Crippen LogP contribution < -0.4 is 4.80 Å². The molecule has 0 saturated heterocycles. The van der Waals surface area contributed by atoms with Crippen molar-refractivity contribution in [3.8, 4) is 0 Å². The number of aryl methyl sites for hydroxylation is 2. The van der Waals surface area contributed by atoms with Gasteiger partial charge in [-0.2, -0.15) is 10.1 Å². The second kappa shape index (κ2) is 7.65. The number of hydrogen-bond donors (Lipinski definition) is 0. The third-order valence-electron chi connectivity index (χ3n) is 3.99. The molecule has 0 saturated carbocycles. The van der Waals surface area contributed by atoms with Gasteiger partial charge in [-0.15, -0.1) is 0 Å². The highest BCUT2D eigenvalue weighted by atomic mass is 32.1. The van der Waals surface area contributed by atoms with Crippen LogP contribution >= 0.6 is 11.3 Å². The topological polar surface area (TPSA) is 78.5 Å². The van der Waals surface area contributed by atoms with Gasteiger partial charge in [-0.25, -0.2) is 0 Å². The fourth-order valence-corrected chi connectivity index (χ4v) is 3.73. The van der Waals surface area contributed by atoms with E-state index in [4.69, 9.17) is 4.74 Å². The number of nitrogens with zero attached hydrogens (tertiary/aromatic N) is 4. The van der Waals surface area contributed by atoms with Gasteiger partial charge in [0.05, 0.1) is 16.8 Å². The second-order valence-electron chi connectivity index (χ2n) is 5.69. The molecule has 1 aromatic carbocycles. The Morgan fingerprint density at radius 1 is 1.27 bits per heavy atom. The number of amides is 1. The smallest absolute Gasteiger partial charge is 0.326 e. The number of benzene rings is 1. The van der Waals surface area contributed by atoms with Crippen molar-refractivity contribution in [3.63, 3.8) is 0 Å². The van der Waals surface area contributed by atoms with E-state index in [0.29, 0.717) is 17.1 Å². The Bertz CT molecular complexity index is 1030. The Labute approximate surface area is 154 Å². The van der Waals surface area contributed by atoms with E-state index in [-0.39, 0.29) is 12.5 Å². The van der Waals surface area contributed by atoms with Crippen LogP contribution in [0.4, 0.5) is 0 Å². The maximum atomic E-state index is 12.5. The molecule has 0 N–H and O–H groups in total. The number of carbonyl (C=O) groups excluding carboxylic acids is 2. The van der Waals surface area contributed by atoms with Gasteiger partial charge in [-0.1, -0.05) is 24.3 Å². The number of ether oxygens (including phenoxy) is 1. The Hall–Kier alpha value is -2.74. The second-order valence-corrected chi connectivity index (χ2v) is 6.70. The lowest BCUT2D eigenvalue weighted by atomic mass is 10.2. The predicted molar refractivity (Wildman–Crippen MR) is 98.9 cm³/mol. The zero-order valence-corrected chi connectivity index (χ0v) is 15.7. The van der Waals surface area contributed by atoms with Crippen molar-refractivity contribution in [1.82, 2.24) is 14.3 Å². The van der Waals surface area contributed by atoms with Crippen molar-refractivity contribution < 1.29 is 14.3 Å². The quantitative estimate of drug-likeness (QED) is 0.644. The maximum absolute atomic E-state index is 12.5. The lowest BCUT2D eigenvalue weighted by Gasteiger charge is -2.05. The lowest BCUT2D eigenvalue weighted by molar-refractivity contribution is -0.143. The first-order chi connectivity index (χ1) is 12.5. The summed E-state index contributed by atoms with van der Waals surface area (Å²) in [5, 5.41) is 4.00. The van der Waals surface area contributed by atoms with Crippen molar-refractivity contribution in [2.24, 2.45) is 12.0 Å². The molecule has 0 aliphatic rings. The highest BCUT2D eigenvalue weighted by Gasteiger charge is 2.14. The number of aromatic nitrogens is 3. The van der Waals surface area contributed by atoms with Crippen molar-refractivity contribution in [2.75, 3.05) is 6.61 Å². The largest absolute Gasteiger partial charge is 0.465 e. The van der Waals surface area contributed by atoms with Crippen molar-refractivity contribution in [1.29, 1.82) is 0 Å². The molecule has 7 nitrogen and oxygen atoms in total. The van der Waals surface area contributed by atoms with Crippen molar-refractivity contribution in [2.45, 2.75) is 26.8 Å². The summed E-state index contributed by atoms with van der Waals surface area (Å²) in [5.74, 6) is -0.758. The normalized spacial score (nSPS) is 11.9. The van der Waals surface area contributed by atoms with Crippen LogP contribution in [-0.4, -0.2) is 32.8 Å². The van der Waals surface area contributed by atoms with Gasteiger partial charge in [0.25, 0.3) is 5.91 Å². The molecular weight excluding hydrogens is 352 g/mol. The SMILES string of the molecule is CCOC(=O)Cn1c(=NC(=O)c2ccnn2C)sc2cc(CC)ccc21. The first-order valence-electron chi connectivity index (χ1n) is 8.38. The molecule has 2 aromatic heterocycles. The van der Waals surface area contributed by atoms with Crippen LogP contribution in [0.2, 0.25) is 0 Å². The van der Waals surface area contributed by atoms with E-state index in [9.17, 15) is 9.59 Å². The molecular formula is C18H20N4O3S. The van der Waals surface area contributed by atoms with Crippen molar-refractivity contribution >= 4 is 33.4 Å². The minimum absolute atomic E-state index is 0.0107. The van der Waals surface area contributed by atoms with Gasteiger partial charge in [-0.05, 0) is 37.1 Å². The summed E-state index contributed by atoms with van der Waals surface area (Å²) in [7, 11) is 1.69. The van der Waals surface area contributed by atoms with E-state index in [1.807, 2.05) is 12.1 Å². The summed E-state index contributed by atoms with van der Waals surface area (Å²) < 4.78 is 9.25. The fraction of sp³-hybridized carbons (Fsp3) is 0.333. The van der Waals surface area contributed by atoms with E-state index in [0.717, 1.165) is 16.6 Å². The van der Waals surface area contributed by atoms with Crippen LogP contribution in [-0.2, 0) is 29.5 Å². The minimum atomic E-state index is -0.398. The Morgan fingerprint density at radius 3 is 2.73 bits per heavy atom. The van der Waals surface area contributed by atoms with Gasteiger partial charge in [0.2, 0.25) is 0 Å². The molecule has 0 radical (unpaired) electrons. The van der Waals surface area contributed by atoms with Crippen molar-refractivity contribution in [3.05, 3.63) is 46.5 Å². The number of carbonyl (C=O) groups is 2. The van der Waals surface area contributed by atoms with E-state index < -0.39 is 5.91 Å². The first kappa shape index (κ1) is 18.1. The van der Waals surface area contributed by atoms with E-state index in [2.05, 4.69) is 23.1 Å². The van der Waals surface area contributed by atoms with Crippen LogP contribution in [0.1, 0.15) is 29.9 Å². The summed E-state index contributed by atoms with van der Waals surface area (Å²) in [6.45, 7) is 4.16. The van der Waals surface area contributed by atoms with E-state index >= 15 is 0 Å². The predicted octanol–water partition coefficient (Wildman–Crippen LogP) is 2.30. The average molecular weight is 372 g/mol. The highest BCUT2D eigenvalue weighted by Crippen LogP contribution is 2.20. The van der Waals surface area contributed by atoms with E-state index in [1.165, 1.54) is 21.6 Å². The van der Waals surface area contributed by atoms with Crippen LogP contribution in [0.15, 0.2) is 35.5 Å². The molecule has 3 aromatic rings. The summed E-state index contributed by atoms with van der Waals surface area (Å²) >= 11 is 1.38. The Balaban J connectivity index is 2.12. The standard InChI is InChI=1S/C18H20N4O3S/c1-4-12-6-7-13-15(10-12)26-18(22(13)11-16(23)25-5-2)20-17(24)14-8-9-19-21(14)3/h6-10H,4-5,11H2,1-3H3. The minimum Gasteiger partial charge on any atom is -0.465 e. The first-order valence-corrected chi connectivity index (χ1v) is 9.20. The van der Waals surface area contributed by atoms with Crippen LogP contribution in [0.25, 0.3) is 10.2 Å². The molecule has 26 heavy (non-hydrogen) atoms. The van der Waals surface area contributed by atoms with Crippen LogP contribution in [0.5, 0.6) is 0 Å². The molecule has 3 rings (SSSR count). The van der Waals surface area contributed by atoms with Gasteiger partial charge in [-0.3, -0.25) is 14.3 Å². The zero-order chi connectivity index (χ0) is 18.7. The molecule has 0 spiro atoms. The number of esters is 1. The summed E-state index contributed by atoms with van der Waals surface area (Å²) in [4.78, 5) is 29.2. The average Bonchev–Trinajstić information content (AvgIpc) is 3.18. The summed E-state index contributed by atoms with van der Waals surface area (Å²) in [5.41, 5.74) is 2.43. The summed E-state index contributed by atoms with van der Waals surface area (Å²) in [6.07, 6.45) is 2.46. The van der Waals surface area contributed by atoms with E-state index in [1.54, 1.807) is 30.8 Å². The molecule has 2 heterocycles. The van der Waals surface area contributed by atoms with Gasteiger partial charge in [0.15, 0.2) is 4.80 Å². The fourth-order valence-electron chi connectivity index (χ4n) is 2.64. The molecule has 0 unspecified atom stereocenters. The van der Waals surface area contributed by atoms with Gasteiger partial charge >= 0.3 is 5.97 Å². The Kier molecular flexibility index (Phi) is 5.32. The highest BCUT2D eigenvalue weighted by molar-refractivity contribution is 7.16. The number of rotatable bonds is 5. The molecule has 0 aliphatic carbocycles. The Morgan fingerprint density at radius 2 is 2.08 bits per heavy atom. The number of hydrogen-bond acceptors (Lipinski definition) is 5. The number of thiazole rings is 1. The molecule has 136 valence electrons. The number of fused-ring (bicyclic) bond motifs is 1. The molecule has 0 bridgehead atoms. The molecule has 8 heteroatoms. The molecule has 1 amide bonds. The molecule has 0 fully saturated rings. The molecule has 0 atom stereocenters. The van der Waals surface area contributed by atoms with Crippen LogP contribution in [0.3, 0.4) is 0 Å². The monoisotopic (exact) mass is 372 g/mol. The van der Waals surface area contributed by atoms with Gasteiger partial charge < -0.3 is 9.30 Å². The van der Waals surface area contributed by atoms with Gasteiger partial charge in [0, 0.05) is 13.2 Å². The zero-order valence-electron chi connectivity index (χ0n) is 14.9.